The lowest BCUT2D eigenvalue weighted by atomic mass is 10.0. The highest BCUT2D eigenvalue weighted by Gasteiger charge is 2.13. The van der Waals surface area contributed by atoms with Crippen LogP contribution in [0, 0.1) is 17.7 Å². The molecule has 0 radical (unpaired) electrons. The molecule has 0 aliphatic heterocycles. The molecule has 0 aliphatic rings. The normalized spacial score (nSPS) is 11.6. The maximum atomic E-state index is 14.2. The van der Waals surface area contributed by atoms with Crippen molar-refractivity contribution in [1.82, 2.24) is 0 Å². The van der Waals surface area contributed by atoms with Crippen LogP contribution in [-0.2, 0) is 6.42 Å². The maximum Gasteiger partial charge on any atom is 0.164 e. The Morgan fingerprint density at radius 3 is 2.11 bits per heavy atom. The molecule has 0 bridgehead atoms. The van der Waals surface area contributed by atoms with Gasteiger partial charge in [-0.15, -0.1) is 0 Å². The van der Waals surface area contributed by atoms with Crippen LogP contribution in [0.3, 0.4) is 0 Å². The molecule has 0 atom stereocenters. The molecule has 0 amide bonds. The second kappa shape index (κ2) is 11.4. The predicted molar refractivity (Wildman–Crippen MR) is 111 cm³/mol. The highest BCUT2D eigenvalue weighted by atomic mass is 19.2. The quantitative estimate of drug-likeness (QED) is 0.322. The van der Waals surface area contributed by atoms with Gasteiger partial charge in [-0.2, -0.15) is 0 Å². The van der Waals surface area contributed by atoms with E-state index in [1.165, 1.54) is 37.0 Å². The van der Waals surface area contributed by atoms with Crippen LogP contribution in [0.4, 0.5) is 13.2 Å². The molecular formula is C25H27F3. The van der Waals surface area contributed by atoms with Crippen molar-refractivity contribution in [1.29, 1.82) is 0 Å². The molecule has 0 aliphatic carbocycles. The van der Waals surface area contributed by atoms with Gasteiger partial charge in [0.2, 0.25) is 0 Å². The first-order chi connectivity index (χ1) is 13.5. The first-order valence-electron chi connectivity index (χ1n) is 10.00. The first kappa shape index (κ1) is 21.8. The van der Waals surface area contributed by atoms with Crippen LogP contribution in [0.1, 0.15) is 74.6 Å². The lowest BCUT2D eigenvalue weighted by molar-refractivity contribution is 0.542. The summed E-state index contributed by atoms with van der Waals surface area (Å²) in [6.07, 6.45) is 5.92. The van der Waals surface area contributed by atoms with E-state index in [1.807, 2.05) is 19.1 Å². The van der Waals surface area contributed by atoms with Crippen molar-refractivity contribution in [2.75, 3.05) is 0 Å². The van der Waals surface area contributed by atoms with Gasteiger partial charge in [0.15, 0.2) is 5.83 Å². The van der Waals surface area contributed by atoms with Crippen molar-refractivity contribution < 1.29 is 13.2 Å². The fourth-order valence-corrected chi connectivity index (χ4v) is 2.84. The van der Waals surface area contributed by atoms with Gasteiger partial charge in [0.1, 0.15) is 11.6 Å². The Balaban J connectivity index is 2.09. The van der Waals surface area contributed by atoms with Gasteiger partial charge in [0.05, 0.1) is 0 Å². The minimum atomic E-state index is -1.12. The third kappa shape index (κ3) is 6.60. The number of rotatable bonds is 8. The average molecular weight is 384 g/mol. The minimum Gasteiger partial charge on any atom is -0.209 e. The molecule has 3 heteroatoms. The monoisotopic (exact) mass is 384 g/mol. The Bertz CT molecular complexity index is 852. The van der Waals surface area contributed by atoms with Crippen LogP contribution in [0.15, 0.2) is 48.3 Å². The van der Waals surface area contributed by atoms with E-state index in [4.69, 9.17) is 0 Å². The molecule has 0 N–H and O–H groups in total. The largest absolute Gasteiger partial charge is 0.209 e. The van der Waals surface area contributed by atoms with Crippen molar-refractivity contribution in [3.05, 3.63) is 76.4 Å². The van der Waals surface area contributed by atoms with Crippen LogP contribution >= 0.6 is 0 Å². The smallest absolute Gasteiger partial charge is 0.164 e. The van der Waals surface area contributed by atoms with E-state index >= 15 is 0 Å². The molecule has 0 saturated carbocycles. The number of halogens is 3. The summed E-state index contributed by atoms with van der Waals surface area (Å²) in [5.74, 6) is 3.04. The zero-order valence-electron chi connectivity index (χ0n) is 16.6. The molecule has 0 fully saturated rings. The Morgan fingerprint density at radius 2 is 1.46 bits per heavy atom. The Kier molecular flexibility index (Phi) is 8.88. The van der Waals surface area contributed by atoms with Gasteiger partial charge in [-0.3, -0.25) is 0 Å². The van der Waals surface area contributed by atoms with Crippen molar-refractivity contribution in [3.63, 3.8) is 0 Å². The molecule has 2 rings (SSSR count). The van der Waals surface area contributed by atoms with E-state index in [0.717, 1.165) is 24.5 Å². The lowest BCUT2D eigenvalue weighted by Crippen LogP contribution is -1.91. The zero-order valence-corrected chi connectivity index (χ0v) is 16.6. The first-order valence-corrected chi connectivity index (χ1v) is 10.00. The second-order valence-corrected chi connectivity index (χ2v) is 6.92. The van der Waals surface area contributed by atoms with E-state index < -0.39 is 17.5 Å². The summed E-state index contributed by atoms with van der Waals surface area (Å²) in [4.78, 5) is 0. The van der Waals surface area contributed by atoms with Crippen LogP contribution in [0.2, 0.25) is 0 Å². The summed E-state index contributed by atoms with van der Waals surface area (Å²) < 4.78 is 42.0. The summed E-state index contributed by atoms with van der Waals surface area (Å²) in [5.41, 5.74) is 2.19. The van der Waals surface area contributed by atoms with Gasteiger partial charge in [-0.05, 0) is 55.2 Å². The van der Waals surface area contributed by atoms with Crippen molar-refractivity contribution >= 4 is 5.83 Å². The van der Waals surface area contributed by atoms with E-state index in [2.05, 4.69) is 30.9 Å². The number of allylic oxidation sites excluding steroid dienone is 1. The lowest BCUT2D eigenvalue weighted by Gasteiger charge is -2.03. The van der Waals surface area contributed by atoms with Gasteiger partial charge in [-0.1, -0.05) is 57.1 Å². The molecular weight excluding hydrogens is 357 g/mol. The van der Waals surface area contributed by atoms with Crippen molar-refractivity contribution in [3.8, 4) is 11.8 Å². The fraction of sp³-hybridized carbons (Fsp3) is 0.360. The minimum absolute atomic E-state index is 0.0161. The summed E-state index contributed by atoms with van der Waals surface area (Å²) >= 11 is 0. The Morgan fingerprint density at radius 1 is 0.821 bits per heavy atom. The van der Waals surface area contributed by atoms with Gasteiger partial charge in [0, 0.05) is 23.1 Å². The highest BCUT2D eigenvalue weighted by molar-refractivity contribution is 5.62. The number of hydrogen-bond acceptors (Lipinski definition) is 0. The Hall–Kier alpha value is -2.47. The molecule has 0 spiro atoms. The van der Waals surface area contributed by atoms with E-state index in [0.29, 0.717) is 12.0 Å². The number of hydrogen-bond donors (Lipinski definition) is 0. The molecule has 28 heavy (non-hydrogen) atoms. The third-order valence-electron chi connectivity index (χ3n) is 4.57. The maximum absolute atomic E-state index is 14.2. The summed E-state index contributed by atoms with van der Waals surface area (Å²) in [6, 6.07) is 11.9. The van der Waals surface area contributed by atoms with Gasteiger partial charge in [-0.25, -0.2) is 13.2 Å². The zero-order chi connectivity index (χ0) is 20.4. The molecule has 2 aromatic rings. The number of unbranched alkanes of at least 4 members (excludes halogenated alkanes) is 3. The highest BCUT2D eigenvalue weighted by Crippen LogP contribution is 2.27. The van der Waals surface area contributed by atoms with Crippen LogP contribution < -0.4 is 0 Å². The summed E-state index contributed by atoms with van der Waals surface area (Å²) in [5, 5.41) is 0. The van der Waals surface area contributed by atoms with Gasteiger partial charge < -0.3 is 0 Å². The predicted octanol–water partition coefficient (Wildman–Crippen LogP) is 7.76. The summed E-state index contributed by atoms with van der Waals surface area (Å²) in [6.45, 7) is 4.07. The molecule has 0 aromatic heterocycles. The van der Waals surface area contributed by atoms with Gasteiger partial charge >= 0.3 is 0 Å². The fourth-order valence-electron chi connectivity index (χ4n) is 2.84. The molecule has 148 valence electrons. The second-order valence-electron chi connectivity index (χ2n) is 6.92. The number of benzene rings is 2. The van der Waals surface area contributed by atoms with Crippen molar-refractivity contribution in [2.24, 2.45) is 0 Å². The van der Waals surface area contributed by atoms with Crippen LogP contribution in [0.5, 0.6) is 0 Å². The number of aryl methyl sites for hydroxylation is 1. The van der Waals surface area contributed by atoms with E-state index in [1.54, 1.807) is 0 Å². The van der Waals surface area contributed by atoms with Crippen molar-refractivity contribution in [2.45, 2.75) is 58.8 Å². The molecule has 0 saturated heterocycles. The van der Waals surface area contributed by atoms with Crippen LogP contribution in [-0.4, -0.2) is 0 Å². The molecule has 2 aromatic carbocycles. The van der Waals surface area contributed by atoms with E-state index in [9.17, 15) is 13.2 Å². The topological polar surface area (TPSA) is 0 Å². The molecule has 0 heterocycles. The average Bonchev–Trinajstić information content (AvgIpc) is 2.71. The summed E-state index contributed by atoms with van der Waals surface area (Å²) in [7, 11) is 0. The Labute approximate surface area is 166 Å². The SMILES string of the molecule is CCCCCc1ccc(C#Cc2ccc(/C(F)=C(\F)CCCC)c(F)c2)cc1. The van der Waals surface area contributed by atoms with E-state index in [-0.39, 0.29) is 12.0 Å². The van der Waals surface area contributed by atoms with Gasteiger partial charge in [0.25, 0.3) is 0 Å². The standard InChI is InChI=1S/C25H27F3/c1-3-5-7-8-19-10-12-20(13-11-19)14-15-21-16-17-22(24(27)18-21)25(28)23(26)9-6-4-2/h10-13,16-18H,3-9H2,1-2H3/b25-23+. The third-order valence-corrected chi connectivity index (χ3v) is 4.57. The molecule has 0 nitrogen and oxygen atoms in total. The van der Waals surface area contributed by atoms with Crippen LogP contribution in [0.25, 0.3) is 5.83 Å². The molecule has 0 unspecified atom stereocenters.